The van der Waals surface area contributed by atoms with Gasteiger partial charge in [-0.15, -0.1) is 0 Å². The predicted molar refractivity (Wildman–Crippen MR) is 98.1 cm³/mol. The zero-order valence-electron chi connectivity index (χ0n) is 14.7. The summed E-state index contributed by atoms with van der Waals surface area (Å²) in [7, 11) is 0. The summed E-state index contributed by atoms with van der Waals surface area (Å²) in [6.45, 7) is 0.0551. The van der Waals surface area contributed by atoms with Gasteiger partial charge in [-0.3, -0.25) is 15.0 Å². The molecule has 0 aromatic heterocycles. The van der Waals surface area contributed by atoms with Gasteiger partial charge in [0.25, 0.3) is 0 Å². The fraction of sp³-hybridized carbons (Fsp3) is 0.500. The summed E-state index contributed by atoms with van der Waals surface area (Å²) in [6.07, 6.45) is 10.4. The molecule has 1 aliphatic heterocycles. The lowest BCUT2D eigenvalue weighted by Gasteiger charge is -2.30. The number of amides is 2. The van der Waals surface area contributed by atoms with Gasteiger partial charge in [-0.25, -0.2) is 5.01 Å². The monoisotopic (exact) mass is 341 g/mol. The molecule has 5 nitrogen and oxygen atoms in total. The van der Waals surface area contributed by atoms with Crippen LogP contribution in [0.5, 0.6) is 0 Å². The van der Waals surface area contributed by atoms with Gasteiger partial charge in [0.2, 0.25) is 11.8 Å². The van der Waals surface area contributed by atoms with E-state index in [1.54, 1.807) is 0 Å². The molecule has 0 bridgehead atoms. The Morgan fingerprint density at radius 1 is 1.08 bits per heavy atom. The van der Waals surface area contributed by atoms with Crippen molar-refractivity contribution < 1.29 is 9.59 Å². The minimum atomic E-state index is -0.0827. The summed E-state index contributed by atoms with van der Waals surface area (Å²) in [4.78, 5) is 24.5. The van der Waals surface area contributed by atoms with Crippen LogP contribution in [0.1, 0.15) is 56.9 Å². The molecular formula is C20H27N3O2. The van der Waals surface area contributed by atoms with E-state index < -0.39 is 0 Å². The highest BCUT2D eigenvalue weighted by Crippen LogP contribution is 2.18. The Morgan fingerprint density at radius 2 is 1.76 bits per heavy atom. The van der Waals surface area contributed by atoms with Gasteiger partial charge in [0, 0.05) is 12.5 Å². The molecule has 3 rings (SSSR count). The van der Waals surface area contributed by atoms with Gasteiger partial charge < -0.3 is 5.32 Å². The van der Waals surface area contributed by atoms with Crippen LogP contribution in [0.2, 0.25) is 0 Å². The van der Waals surface area contributed by atoms with Gasteiger partial charge >= 0.3 is 0 Å². The van der Waals surface area contributed by atoms with Gasteiger partial charge in [-0.2, -0.15) is 0 Å². The van der Waals surface area contributed by atoms with Crippen LogP contribution in [0.4, 0.5) is 0 Å². The van der Waals surface area contributed by atoms with Gasteiger partial charge in [0.15, 0.2) is 0 Å². The molecule has 1 heterocycles. The number of rotatable bonds is 4. The maximum absolute atomic E-state index is 12.4. The molecule has 1 aromatic rings. The number of nitrogens with one attached hydrogen (secondary N) is 2. The second-order valence-electron chi connectivity index (χ2n) is 6.89. The van der Waals surface area contributed by atoms with Gasteiger partial charge in [-0.05, 0) is 24.5 Å². The van der Waals surface area contributed by atoms with E-state index in [-0.39, 0.29) is 24.4 Å². The van der Waals surface area contributed by atoms with E-state index in [1.807, 2.05) is 36.4 Å². The standard InChI is InChI=1S/C20H27N3O2/c24-19(21-17-11-7-2-1-3-8-12-17)15-23-20(25)14-13-18(22-23)16-9-5-4-6-10-16/h4-6,9-10,13,17,22H,1-3,7-8,11-12,14-15H2,(H,21,24). The quantitative estimate of drug-likeness (QED) is 0.885. The average molecular weight is 341 g/mol. The van der Waals surface area contributed by atoms with E-state index in [0.29, 0.717) is 6.42 Å². The fourth-order valence-corrected chi connectivity index (χ4v) is 3.50. The highest BCUT2D eigenvalue weighted by Gasteiger charge is 2.23. The summed E-state index contributed by atoms with van der Waals surface area (Å²) in [5, 5.41) is 4.55. The van der Waals surface area contributed by atoms with Crippen LogP contribution >= 0.6 is 0 Å². The predicted octanol–water partition coefficient (Wildman–Crippen LogP) is 2.99. The molecule has 0 saturated heterocycles. The van der Waals surface area contributed by atoms with Crippen molar-refractivity contribution in [3.63, 3.8) is 0 Å². The van der Waals surface area contributed by atoms with Crippen LogP contribution in [0.3, 0.4) is 0 Å². The summed E-state index contributed by atoms with van der Waals surface area (Å²) in [5.41, 5.74) is 4.98. The Hall–Kier alpha value is -2.30. The Labute approximate surface area is 149 Å². The van der Waals surface area contributed by atoms with Crippen LogP contribution in [0.25, 0.3) is 5.70 Å². The van der Waals surface area contributed by atoms with E-state index in [2.05, 4.69) is 10.7 Å². The lowest BCUT2D eigenvalue weighted by Crippen LogP contribution is -2.50. The summed E-state index contributed by atoms with van der Waals surface area (Å²) < 4.78 is 0. The zero-order valence-corrected chi connectivity index (χ0v) is 14.7. The second-order valence-corrected chi connectivity index (χ2v) is 6.89. The third-order valence-corrected chi connectivity index (χ3v) is 4.89. The van der Waals surface area contributed by atoms with E-state index in [1.165, 1.54) is 37.1 Å². The smallest absolute Gasteiger partial charge is 0.245 e. The first-order valence-electron chi connectivity index (χ1n) is 9.34. The number of carbonyl (C=O) groups is 2. The molecule has 25 heavy (non-hydrogen) atoms. The van der Waals surface area contributed by atoms with Crippen molar-refractivity contribution in [2.24, 2.45) is 0 Å². The van der Waals surface area contributed by atoms with Crippen molar-refractivity contribution in [3.05, 3.63) is 42.0 Å². The Morgan fingerprint density at radius 3 is 2.48 bits per heavy atom. The molecule has 1 fully saturated rings. The first kappa shape index (κ1) is 17.5. The van der Waals surface area contributed by atoms with Crippen molar-refractivity contribution in [1.82, 2.24) is 15.8 Å². The summed E-state index contributed by atoms with van der Waals surface area (Å²) in [5.74, 6) is -0.159. The molecule has 134 valence electrons. The van der Waals surface area contributed by atoms with Gasteiger partial charge in [0.1, 0.15) is 6.54 Å². The molecule has 1 aromatic carbocycles. The molecule has 0 spiro atoms. The Kier molecular flexibility index (Phi) is 6.09. The number of benzene rings is 1. The van der Waals surface area contributed by atoms with E-state index in [0.717, 1.165) is 24.1 Å². The molecule has 2 aliphatic rings. The van der Waals surface area contributed by atoms with Crippen molar-refractivity contribution in [1.29, 1.82) is 0 Å². The van der Waals surface area contributed by atoms with E-state index >= 15 is 0 Å². The van der Waals surface area contributed by atoms with Crippen LogP contribution in [-0.4, -0.2) is 29.4 Å². The third kappa shape index (κ3) is 5.08. The maximum Gasteiger partial charge on any atom is 0.245 e. The van der Waals surface area contributed by atoms with Crippen molar-refractivity contribution in [2.75, 3.05) is 6.54 Å². The number of nitrogens with zero attached hydrogens (tertiary/aromatic N) is 1. The van der Waals surface area contributed by atoms with Crippen molar-refractivity contribution >= 4 is 17.5 Å². The Balaban J connectivity index is 1.55. The van der Waals surface area contributed by atoms with Crippen LogP contribution in [0.15, 0.2) is 36.4 Å². The van der Waals surface area contributed by atoms with Crippen molar-refractivity contribution in [3.8, 4) is 0 Å². The molecule has 2 amide bonds. The van der Waals surface area contributed by atoms with E-state index in [9.17, 15) is 9.59 Å². The molecule has 1 saturated carbocycles. The van der Waals surface area contributed by atoms with Gasteiger partial charge in [0.05, 0.1) is 5.70 Å². The number of hydrogen-bond donors (Lipinski definition) is 2. The van der Waals surface area contributed by atoms with Crippen molar-refractivity contribution in [2.45, 2.75) is 57.4 Å². The molecular weight excluding hydrogens is 314 g/mol. The van der Waals surface area contributed by atoms with E-state index in [4.69, 9.17) is 0 Å². The van der Waals surface area contributed by atoms with Crippen LogP contribution < -0.4 is 10.7 Å². The highest BCUT2D eigenvalue weighted by molar-refractivity contribution is 5.88. The number of hydrogen-bond acceptors (Lipinski definition) is 3. The molecule has 5 heteroatoms. The minimum Gasteiger partial charge on any atom is -0.352 e. The molecule has 0 atom stereocenters. The normalized spacial score (nSPS) is 19.4. The maximum atomic E-state index is 12.4. The fourth-order valence-electron chi connectivity index (χ4n) is 3.50. The number of carbonyl (C=O) groups excluding carboxylic acids is 2. The molecule has 0 radical (unpaired) electrons. The lowest BCUT2D eigenvalue weighted by atomic mass is 9.97. The molecule has 0 unspecified atom stereocenters. The highest BCUT2D eigenvalue weighted by atomic mass is 16.2. The SMILES string of the molecule is O=C(CN1NC(c2ccccc2)=CCC1=O)NC1CCCCCCC1. The molecule has 1 aliphatic carbocycles. The second kappa shape index (κ2) is 8.70. The summed E-state index contributed by atoms with van der Waals surface area (Å²) in [6, 6.07) is 10.1. The van der Waals surface area contributed by atoms with Gasteiger partial charge in [-0.1, -0.05) is 62.4 Å². The number of hydrazine groups is 1. The largest absolute Gasteiger partial charge is 0.352 e. The van der Waals surface area contributed by atoms with Crippen LogP contribution in [0, 0.1) is 0 Å². The first-order chi connectivity index (χ1) is 12.2. The topological polar surface area (TPSA) is 61.4 Å². The minimum absolute atomic E-state index is 0.0551. The lowest BCUT2D eigenvalue weighted by molar-refractivity contribution is -0.138. The van der Waals surface area contributed by atoms with Crippen LogP contribution in [-0.2, 0) is 9.59 Å². The average Bonchev–Trinajstić information content (AvgIpc) is 2.60. The summed E-state index contributed by atoms with van der Waals surface area (Å²) >= 11 is 0. The zero-order chi connectivity index (χ0) is 17.5. The third-order valence-electron chi connectivity index (χ3n) is 4.89. The Bertz CT molecular complexity index is 619. The molecule has 2 N–H and O–H groups in total. The first-order valence-corrected chi connectivity index (χ1v) is 9.34.